The fourth-order valence-corrected chi connectivity index (χ4v) is 8.16. The van der Waals surface area contributed by atoms with Gasteiger partial charge in [-0.1, -0.05) is 57.2 Å². The Morgan fingerprint density at radius 2 is 1.64 bits per heavy atom. The van der Waals surface area contributed by atoms with E-state index in [1.165, 1.54) is 23.3 Å². The Labute approximate surface area is 249 Å². The normalized spacial score (nSPS) is 24.1. The largest absolute Gasteiger partial charge is 0.480 e. The molecule has 0 spiro atoms. The molecule has 0 aliphatic carbocycles. The van der Waals surface area contributed by atoms with Crippen LogP contribution in [0.15, 0.2) is 53.4 Å². The third-order valence-corrected chi connectivity index (χ3v) is 11.3. The van der Waals surface area contributed by atoms with Gasteiger partial charge in [0.1, 0.15) is 0 Å². The second-order valence-corrected chi connectivity index (χ2v) is 15.3. The highest BCUT2D eigenvalue weighted by molar-refractivity contribution is 7.90. The number of piperidine rings is 4. The first-order valence-corrected chi connectivity index (χ1v) is 16.6. The maximum atomic E-state index is 14.1. The zero-order chi connectivity index (χ0) is 29.7. The summed E-state index contributed by atoms with van der Waals surface area (Å²) in [6.45, 7) is 11.1. The lowest BCUT2D eigenvalue weighted by Gasteiger charge is -2.47. The predicted octanol–water partition coefficient (Wildman–Crippen LogP) is 5.33. The minimum atomic E-state index is -3.95. The van der Waals surface area contributed by atoms with Crippen LogP contribution in [0.5, 0.6) is 0 Å². The molecule has 42 heavy (non-hydrogen) atoms. The van der Waals surface area contributed by atoms with Gasteiger partial charge >= 0.3 is 5.97 Å². The Balaban J connectivity index is 1.38. The van der Waals surface area contributed by atoms with Gasteiger partial charge < -0.3 is 10.0 Å². The molecule has 2 bridgehead atoms. The Morgan fingerprint density at radius 3 is 2.24 bits per heavy atom. The first kappa shape index (κ1) is 29.1. The van der Waals surface area contributed by atoms with Crippen LogP contribution in [0.4, 0.5) is 0 Å². The summed E-state index contributed by atoms with van der Waals surface area (Å²) < 4.78 is 29.4. The standard InChI is InChI=1S/C33H42N4O4S/c1-32(2,3)26-5-7-27(8-6-26)42(40,41)37-29-22-24(10-13-33-14-19-35(20-15-33)21-16-33)4-9-28(29)31(34-37)25-11-17-36(18-12-25)23-30(38)39/h4-10,13,22,25H,11-12,14-21,23H2,1-3H3,(H,38,39)/b13-10+. The number of nitrogens with zero attached hydrogens (tertiary/aromatic N) is 4. The number of rotatable bonds is 7. The lowest BCUT2D eigenvalue weighted by Crippen LogP contribution is -2.47. The summed E-state index contributed by atoms with van der Waals surface area (Å²) in [4.78, 5) is 15.9. The lowest BCUT2D eigenvalue weighted by atomic mass is 9.72. The summed E-state index contributed by atoms with van der Waals surface area (Å²) in [5.41, 5.74) is 3.58. The van der Waals surface area contributed by atoms with Crippen LogP contribution < -0.4 is 0 Å². The molecule has 4 aliphatic heterocycles. The number of fused-ring (bicyclic) bond motifs is 4. The van der Waals surface area contributed by atoms with Gasteiger partial charge in [-0.25, -0.2) is 0 Å². The summed E-state index contributed by atoms with van der Waals surface area (Å²) in [7, 11) is -3.95. The molecule has 0 saturated carbocycles. The topological polar surface area (TPSA) is 95.7 Å². The number of hydrogen-bond donors (Lipinski definition) is 1. The van der Waals surface area contributed by atoms with Crippen molar-refractivity contribution in [1.82, 2.24) is 19.0 Å². The molecule has 8 nitrogen and oxygen atoms in total. The van der Waals surface area contributed by atoms with Gasteiger partial charge in [-0.2, -0.15) is 17.6 Å². The summed E-state index contributed by atoms with van der Waals surface area (Å²) in [6.07, 6.45) is 9.53. The second-order valence-electron chi connectivity index (χ2n) is 13.5. The van der Waals surface area contributed by atoms with E-state index in [0.717, 1.165) is 54.7 Å². The van der Waals surface area contributed by atoms with E-state index < -0.39 is 16.0 Å². The number of hydrogen-bond acceptors (Lipinski definition) is 6. The number of carboxylic acid groups (broad SMARTS) is 1. The molecule has 4 saturated heterocycles. The van der Waals surface area contributed by atoms with Crippen molar-refractivity contribution in [3.05, 3.63) is 65.4 Å². The van der Waals surface area contributed by atoms with Crippen molar-refractivity contribution in [2.45, 2.75) is 69.1 Å². The molecule has 3 aromatic rings. The van der Waals surface area contributed by atoms with E-state index in [4.69, 9.17) is 5.10 Å². The molecule has 1 aromatic heterocycles. The zero-order valence-corrected chi connectivity index (χ0v) is 25.7. The fourth-order valence-electron chi connectivity index (χ4n) is 6.88. The van der Waals surface area contributed by atoms with E-state index in [0.29, 0.717) is 18.6 Å². The van der Waals surface area contributed by atoms with Crippen LogP contribution in [0.2, 0.25) is 0 Å². The molecule has 2 aromatic carbocycles. The van der Waals surface area contributed by atoms with Crippen molar-refractivity contribution in [2.75, 3.05) is 39.3 Å². The number of likely N-dealkylation sites (tertiary alicyclic amines) is 1. The van der Waals surface area contributed by atoms with Gasteiger partial charge in [0.15, 0.2) is 0 Å². The van der Waals surface area contributed by atoms with Crippen molar-refractivity contribution in [3.63, 3.8) is 0 Å². The van der Waals surface area contributed by atoms with Crippen LogP contribution in [0.3, 0.4) is 0 Å². The van der Waals surface area contributed by atoms with E-state index in [1.807, 2.05) is 29.2 Å². The van der Waals surface area contributed by atoms with Crippen LogP contribution in [-0.4, -0.2) is 77.7 Å². The van der Waals surface area contributed by atoms with E-state index in [2.05, 4.69) is 43.9 Å². The molecule has 4 fully saturated rings. The van der Waals surface area contributed by atoms with Crippen molar-refractivity contribution < 1.29 is 18.3 Å². The van der Waals surface area contributed by atoms with Crippen molar-refractivity contribution >= 4 is 33.0 Å². The van der Waals surface area contributed by atoms with Crippen molar-refractivity contribution in [3.8, 4) is 0 Å². The van der Waals surface area contributed by atoms with Gasteiger partial charge in [-0.15, -0.1) is 0 Å². The summed E-state index contributed by atoms with van der Waals surface area (Å²) in [5.74, 6) is -0.768. The molecular formula is C33H42N4O4S. The van der Waals surface area contributed by atoms with Gasteiger partial charge in [0, 0.05) is 11.3 Å². The number of carboxylic acids is 1. The van der Waals surface area contributed by atoms with Crippen LogP contribution in [0.25, 0.3) is 17.0 Å². The van der Waals surface area contributed by atoms with E-state index >= 15 is 0 Å². The molecule has 4 aliphatic rings. The van der Waals surface area contributed by atoms with Gasteiger partial charge in [-0.05, 0) is 105 Å². The number of carbonyl (C=O) groups is 1. The second kappa shape index (κ2) is 10.9. The molecule has 1 N–H and O–H groups in total. The van der Waals surface area contributed by atoms with E-state index in [-0.39, 0.29) is 28.2 Å². The quantitative estimate of drug-likeness (QED) is 0.397. The third-order valence-electron chi connectivity index (χ3n) is 9.69. The smallest absolute Gasteiger partial charge is 0.317 e. The zero-order valence-electron chi connectivity index (χ0n) is 24.9. The monoisotopic (exact) mass is 590 g/mol. The number of aromatic nitrogens is 2. The minimum Gasteiger partial charge on any atom is -0.480 e. The molecular weight excluding hydrogens is 548 g/mol. The molecule has 7 rings (SSSR count). The maximum Gasteiger partial charge on any atom is 0.317 e. The van der Waals surface area contributed by atoms with E-state index in [1.54, 1.807) is 12.1 Å². The van der Waals surface area contributed by atoms with Gasteiger partial charge in [0.05, 0.1) is 22.7 Å². The average molecular weight is 591 g/mol. The summed E-state index contributed by atoms with van der Waals surface area (Å²) in [5, 5.41) is 14.9. The first-order chi connectivity index (χ1) is 19.9. The van der Waals surface area contributed by atoms with Crippen LogP contribution in [0.1, 0.15) is 75.6 Å². The molecule has 0 amide bonds. The molecule has 224 valence electrons. The predicted molar refractivity (Wildman–Crippen MR) is 165 cm³/mol. The summed E-state index contributed by atoms with van der Waals surface area (Å²) in [6, 6.07) is 13.2. The Kier molecular flexibility index (Phi) is 7.56. The van der Waals surface area contributed by atoms with Crippen LogP contribution in [-0.2, 0) is 20.2 Å². The molecule has 0 atom stereocenters. The van der Waals surface area contributed by atoms with Gasteiger partial charge in [0.25, 0.3) is 10.0 Å². The van der Waals surface area contributed by atoms with Gasteiger partial charge in [-0.3, -0.25) is 9.69 Å². The molecule has 0 unspecified atom stereocenters. The SMILES string of the molecule is CC(C)(C)c1ccc(S(=O)(=O)n2nc(C3CCN(CC(=O)O)CC3)c3ccc(/C=C/C45CCN(CC4)CC5)cc32)cc1. The van der Waals surface area contributed by atoms with Crippen molar-refractivity contribution in [2.24, 2.45) is 5.41 Å². The Morgan fingerprint density at radius 1 is 1.00 bits per heavy atom. The highest BCUT2D eigenvalue weighted by atomic mass is 32.2. The Bertz CT molecular complexity index is 1590. The average Bonchev–Trinajstić information content (AvgIpc) is 3.37. The number of allylic oxidation sites excluding steroid dienone is 1. The third kappa shape index (κ3) is 5.66. The molecule has 9 heteroatoms. The number of benzene rings is 2. The van der Waals surface area contributed by atoms with Gasteiger partial charge in [0.2, 0.25) is 0 Å². The highest BCUT2D eigenvalue weighted by Crippen LogP contribution is 2.42. The lowest BCUT2D eigenvalue weighted by molar-refractivity contribution is -0.138. The first-order valence-electron chi connectivity index (χ1n) is 15.2. The minimum absolute atomic E-state index is 0.0239. The molecule has 0 radical (unpaired) electrons. The van der Waals surface area contributed by atoms with Crippen molar-refractivity contribution in [1.29, 1.82) is 0 Å². The number of aliphatic carboxylic acids is 1. The molecule has 5 heterocycles. The highest BCUT2D eigenvalue weighted by Gasteiger charge is 2.37. The van der Waals surface area contributed by atoms with E-state index in [9.17, 15) is 18.3 Å². The summed E-state index contributed by atoms with van der Waals surface area (Å²) >= 11 is 0. The fraction of sp³-hybridized carbons (Fsp3) is 0.515. The Hall–Kier alpha value is -3.01. The van der Waals surface area contributed by atoms with Crippen LogP contribution in [0, 0.1) is 5.41 Å². The maximum absolute atomic E-state index is 14.1. The van der Waals surface area contributed by atoms with Crippen LogP contribution >= 0.6 is 0 Å².